The van der Waals surface area contributed by atoms with E-state index in [2.05, 4.69) is 20.9 Å². The van der Waals surface area contributed by atoms with Crippen molar-refractivity contribution in [3.8, 4) is 0 Å². The lowest BCUT2D eigenvalue weighted by Gasteiger charge is -2.24. The number of amides is 3. The third-order valence-corrected chi connectivity index (χ3v) is 4.96. The molecular formula is C20H38N8O8. The van der Waals surface area contributed by atoms with E-state index in [-0.39, 0.29) is 44.6 Å². The molecule has 0 spiro atoms. The van der Waals surface area contributed by atoms with E-state index in [1.54, 1.807) is 0 Å². The molecule has 0 aromatic carbocycles. The molecule has 0 bridgehead atoms. The summed E-state index contributed by atoms with van der Waals surface area (Å²) >= 11 is 0. The smallest absolute Gasteiger partial charge is 0.326 e. The highest BCUT2D eigenvalue weighted by molar-refractivity contribution is 5.94. The number of nitrogens with zero attached hydrogens (tertiary/aromatic N) is 1. The van der Waals surface area contributed by atoms with Crippen LogP contribution in [-0.4, -0.2) is 94.8 Å². The second-order valence-corrected chi connectivity index (χ2v) is 7.98. The number of aliphatic carboxylic acids is 2. The van der Waals surface area contributed by atoms with Gasteiger partial charge in [-0.2, -0.15) is 0 Å². The molecule has 3 amide bonds. The van der Waals surface area contributed by atoms with Gasteiger partial charge in [0.2, 0.25) is 17.7 Å². The number of hydrogen-bond acceptors (Lipinski definition) is 9. The maximum atomic E-state index is 12.8. The lowest BCUT2D eigenvalue weighted by atomic mass is 10.1. The Morgan fingerprint density at radius 3 is 1.86 bits per heavy atom. The van der Waals surface area contributed by atoms with Crippen LogP contribution in [0.2, 0.25) is 0 Å². The number of guanidine groups is 1. The molecule has 0 saturated carbocycles. The van der Waals surface area contributed by atoms with Crippen LogP contribution in [-0.2, 0) is 24.0 Å². The summed E-state index contributed by atoms with van der Waals surface area (Å²) in [6.07, 6.45) is 0.799. The maximum absolute atomic E-state index is 12.8. The zero-order valence-electron chi connectivity index (χ0n) is 20.0. The van der Waals surface area contributed by atoms with Crippen molar-refractivity contribution in [2.75, 3.05) is 19.7 Å². The number of rotatable bonds is 19. The van der Waals surface area contributed by atoms with Gasteiger partial charge >= 0.3 is 11.9 Å². The number of nitrogens with one attached hydrogen (secondary N) is 3. The van der Waals surface area contributed by atoms with Crippen LogP contribution in [0.5, 0.6) is 0 Å². The summed E-state index contributed by atoms with van der Waals surface area (Å²) < 4.78 is 0. The average molecular weight is 519 g/mol. The van der Waals surface area contributed by atoms with E-state index < -0.39 is 60.4 Å². The van der Waals surface area contributed by atoms with Crippen molar-refractivity contribution in [2.24, 2.45) is 27.9 Å². The normalized spacial score (nSPS) is 14.0. The highest BCUT2D eigenvalue weighted by Gasteiger charge is 2.29. The minimum Gasteiger partial charge on any atom is -0.481 e. The number of carboxylic acid groups (broad SMARTS) is 2. The molecule has 36 heavy (non-hydrogen) atoms. The van der Waals surface area contributed by atoms with Crippen LogP contribution in [0.15, 0.2) is 4.99 Å². The molecule has 0 aromatic rings. The highest BCUT2D eigenvalue weighted by Crippen LogP contribution is 2.04. The number of carboxylic acids is 2. The predicted octanol–water partition coefficient (Wildman–Crippen LogP) is -4.11. The number of unbranched alkanes of at least 4 members (excludes halogenated alkanes) is 1. The van der Waals surface area contributed by atoms with Gasteiger partial charge in [0.05, 0.1) is 12.6 Å². The average Bonchev–Trinajstić information content (AvgIpc) is 2.81. The first kappa shape index (κ1) is 32.5. The molecule has 206 valence electrons. The fourth-order valence-electron chi connectivity index (χ4n) is 2.95. The van der Waals surface area contributed by atoms with Gasteiger partial charge in [0.15, 0.2) is 5.96 Å². The van der Waals surface area contributed by atoms with Gasteiger partial charge in [-0.1, -0.05) is 0 Å². The quantitative estimate of drug-likeness (QED) is 0.0443. The Morgan fingerprint density at radius 2 is 1.33 bits per heavy atom. The van der Waals surface area contributed by atoms with Crippen LogP contribution in [0.1, 0.15) is 44.9 Å². The summed E-state index contributed by atoms with van der Waals surface area (Å²) in [5, 5.41) is 34.6. The van der Waals surface area contributed by atoms with Crippen molar-refractivity contribution in [1.82, 2.24) is 16.0 Å². The van der Waals surface area contributed by atoms with Crippen molar-refractivity contribution in [2.45, 2.75) is 69.1 Å². The number of aliphatic hydroxyl groups excluding tert-OH is 1. The van der Waals surface area contributed by atoms with Crippen LogP contribution < -0.4 is 38.9 Å². The number of carbonyl (C=O) groups excluding carboxylic acids is 3. The zero-order valence-corrected chi connectivity index (χ0v) is 20.0. The lowest BCUT2D eigenvalue weighted by molar-refractivity contribution is -0.143. The number of carbonyl (C=O) groups is 5. The van der Waals surface area contributed by atoms with Gasteiger partial charge in [0, 0.05) is 13.0 Å². The topological polar surface area (TPSA) is 299 Å². The van der Waals surface area contributed by atoms with Crippen molar-refractivity contribution in [3.05, 3.63) is 0 Å². The van der Waals surface area contributed by atoms with E-state index in [0.717, 1.165) is 0 Å². The fourth-order valence-corrected chi connectivity index (χ4v) is 2.95. The number of aliphatic imine (C=N–C) groups is 1. The van der Waals surface area contributed by atoms with Gasteiger partial charge in [0.1, 0.15) is 18.1 Å². The van der Waals surface area contributed by atoms with Crippen molar-refractivity contribution < 1.29 is 39.3 Å². The summed E-state index contributed by atoms with van der Waals surface area (Å²) in [6.45, 7) is -0.370. The Labute approximate surface area is 208 Å². The SMILES string of the molecule is NCCCCC(NC(=O)C(CO)NC(=O)C(CCCN=C(N)N)NC(=O)C(N)CCC(=O)O)C(=O)O. The molecule has 4 unspecified atom stereocenters. The van der Waals surface area contributed by atoms with Gasteiger partial charge < -0.3 is 54.2 Å². The molecule has 0 radical (unpaired) electrons. The van der Waals surface area contributed by atoms with Crippen LogP contribution in [0.4, 0.5) is 0 Å². The van der Waals surface area contributed by atoms with E-state index in [1.807, 2.05) is 0 Å². The summed E-state index contributed by atoms with van der Waals surface area (Å²) in [5.41, 5.74) is 21.6. The Balaban J connectivity index is 5.32. The molecule has 16 nitrogen and oxygen atoms in total. The summed E-state index contributed by atoms with van der Waals surface area (Å²) in [4.78, 5) is 63.6. The lowest BCUT2D eigenvalue weighted by Crippen LogP contribution is -2.58. The van der Waals surface area contributed by atoms with E-state index in [1.165, 1.54) is 0 Å². The molecule has 0 aromatic heterocycles. The second-order valence-electron chi connectivity index (χ2n) is 7.98. The molecule has 0 heterocycles. The number of nitrogens with two attached hydrogens (primary N) is 4. The van der Waals surface area contributed by atoms with Crippen molar-refractivity contribution in [1.29, 1.82) is 0 Å². The van der Waals surface area contributed by atoms with Gasteiger partial charge in [-0.05, 0) is 45.1 Å². The van der Waals surface area contributed by atoms with Crippen LogP contribution in [0.25, 0.3) is 0 Å². The first-order valence-corrected chi connectivity index (χ1v) is 11.4. The van der Waals surface area contributed by atoms with E-state index in [4.69, 9.17) is 28.0 Å². The van der Waals surface area contributed by atoms with E-state index >= 15 is 0 Å². The Morgan fingerprint density at radius 1 is 0.778 bits per heavy atom. The maximum Gasteiger partial charge on any atom is 0.326 e. The molecule has 0 aliphatic rings. The minimum absolute atomic E-state index is 0.0105. The standard InChI is InChI=1S/C20H38N8O8/c21-8-2-1-4-13(19(35)36)27-18(34)14(10-29)28-17(33)12(5-3-9-25-20(23)24)26-16(32)11(22)6-7-15(30)31/h11-14,29H,1-10,21-22H2,(H,26,32)(H,27,34)(H,28,33)(H,30,31)(H,35,36)(H4,23,24,25). The van der Waals surface area contributed by atoms with Gasteiger partial charge in [0.25, 0.3) is 0 Å². The summed E-state index contributed by atoms with van der Waals surface area (Å²) in [6, 6.07) is -5.20. The highest BCUT2D eigenvalue weighted by atomic mass is 16.4. The molecule has 16 heteroatoms. The Kier molecular flexibility index (Phi) is 16.1. The van der Waals surface area contributed by atoms with Crippen molar-refractivity contribution >= 4 is 35.6 Å². The molecule has 4 atom stereocenters. The molecule has 14 N–H and O–H groups in total. The van der Waals surface area contributed by atoms with Crippen LogP contribution >= 0.6 is 0 Å². The Bertz CT molecular complexity index is 775. The predicted molar refractivity (Wildman–Crippen MR) is 128 cm³/mol. The third kappa shape index (κ3) is 14.0. The molecule has 0 fully saturated rings. The first-order chi connectivity index (χ1) is 16.9. The van der Waals surface area contributed by atoms with E-state index in [0.29, 0.717) is 19.4 Å². The van der Waals surface area contributed by atoms with Gasteiger partial charge in [-0.25, -0.2) is 4.79 Å². The van der Waals surface area contributed by atoms with Crippen molar-refractivity contribution in [3.63, 3.8) is 0 Å². The Hall–Kier alpha value is -3.50. The molecule has 0 rings (SSSR count). The monoisotopic (exact) mass is 518 g/mol. The second kappa shape index (κ2) is 17.9. The van der Waals surface area contributed by atoms with Gasteiger partial charge in [-0.3, -0.25) is 24.2 Å². The molecular weight excluding hydrogens is 480 g/mol. The van der Waals surface area contributed by atoms with Crippen LogP contribution in [0.3, 0.4) is 0 Å². The first-order valence-electron chi connectivity index (χ1n) is 11.4. The largest absolute Gasteiger partial charge is 0.481 e. The summed E-state index contributed by atoms with van der Waals surface area (Å²) in [7, 11) is 0. The molecule has 0 saturated heterocycles. The summed E-state index contributed by atoms with van der Waals surface area (Å²) in [5.74, 6) is -5.20. The number of hydrogen-bond donors (Lipinski definition) is 10. The van der Waals surface area contributed by atoms with Crippen LogP contribution in [0, 0.1) is 0 Å². The molecule has 0 aliphatic heterocycles. The zero-order chi connectivity index (χ0) is 27.7. The molecule has 0 aliphatic carbocycles. The van der Waals surface area contributed by atoms with E-state index in [9.17, 15) is 34.2 Å². The minimum atomic E-state index is -1.51. The van der Waals surface area contributed by atoms with Gasteiger partial charge in [-0.15, -0.1) is 0 Å². The third-order valence-electron chi connectivity index (χ3n) is 4.96. The number of aliphatic hydroxyl groups is 1. The fraction of sp³-hybridized carbons (Fsp3) is 0.700.